The van der Waals surface area contributed by atoms with Gasteiger partial charge in [0.2, 0.25) is 5.83 Å². The van der Waals surface area contributed by atoms with Crippen molar-refractivity contribution in [2.75, 3.05) is 13.1 Å². The summed E-state index contributed by atoms with van der Waals surface area (Å²) in [6, 6.07) is 1.37. The summed E-state index contributed by atoms with van der Waals surface area (Å²) in [6.45, 7) is -0.171. The zero-order valence-corrected chi connectivity index (χ0v) is 10.9. The van der Waals surface area contributed by atoms with Crippen LogP contribution in [0.4, 0.5) is 4.39 Å². The molecule has 1 aromatic heterocycles. The number of hydrogen-bond acceptors (Lipinski definition) is 3. The van der Waals surface area contributed by atoms with E-state index in [2.05, 4.69) is 4.98 Å². The number of carbonyl (C=O) groups excluding carboxylic acids is 1. The van der Waals surface area contributed by atoms with Gasteiger partial charge in [-0.25, -0.2) is 9.78 Å². The first-order valence-electron chi connectivity index (χ1n) is 5.11. The van der Waals surface area contributed by atoms with E-state index in [0.717, 1.165) is 0 Å². The number of hydrogen-bond donors (Lipinski definition) is 1. The Balaban J connectivity index is 2.12. The molecule has 1 amide bonds. The molecule has 1 fully saturated rings. The summed E-state index contributed by atoms with van der Waals surface area (Å²) in [7, 11) is 0. The molecule has 1 aromatic rings. The highest BCUT2D eigenvalue weighted by Gasteiger charge is 2.32. The molecule has 1 saturated heterocycles. The lowest BCUT2D eigenvalue weighted by Gasteiger charge is -2.33. The van der Waals surface area contributed by atoms with Gasteiger partial charge in [0, 0.05) is 24.9 Å². The fourth-order valence-electron chi connectivity index (χ4n) is 1.57. The largest absolute Gasteiger partial charge is 0.476 e. The number of likely N-dealkylation sites (tertiary alicyclic amines) is 1. The second kappa shape index (κ2) is 5.14. The van der Waals surface area contributed by atoms with Gasteiger partial charge >= 0.3 is 5.97 Å². The van der Waals surface area contributed by atoms with Crippen LogP contribution in [0.1, 0.15) is 10.5 Å². The van der Waals surface area contributed by atoms with Crippen LogP contribution in [0.25, 0.3) is 0 Å². The SMILES string of the molecule is O=C(O)C(F)=C1CN(C(=O)c2ncc(Cl)cc2Cl)C1. The van der Waals surface area contributed by atoms with Crippen LogP contribution in [0.5, 0.6) is 0 Å². The molecular formula is C11H7Cl2FN2O3. The standard InChI is InChI=1S/C11H7Cl2FN2O3/c12-6-1-7(13)9(15-2-6)10(17)16-3-5(4-16)8(14)11(18)19/h1-2H,3-4H2,(H,18,19). The van der Waals surface area contributed by atoms with Gasteiger partial charge in [-0.05, 0) is 6.07 Å². The number of carboxylic acid groups (broad SMARTS) is 1. The van der Waals surface area contributed by atoms with E-state index in [4.69, 9.17) is 28.3 Å². The molecule has 2 heterocycles. The third-order valence-electron chi connectivity index (χ3n) is 2.56. The summed E-state index contributed by atoms with van der Waals surface area (Å²) in [4.78, 5) is 27.4. The van der Waals surface area contributed by atoms with Crippen molar-refractivity contribution in [3.8, 4) is 0 Å². The summed E-state index contributed by atoms with van der Waals surface area (Å²) >= 11 is 11.5. The van der Waals surface area contributed by atoms with E-state index >= 15 is 0 Å². The Labute approximate surface area is 117 Å². The van der Waals surface area contributed by atoms with Crippen molar-refractivity contribution >= 4 is 35.1 Å². The molecule has 1 N–H and O–H groups in total. The molecule has 0 aliphatic carbocycles. The Bertz CT molecular complexity index is 596. The van der Waals surface area contributed by atoms with Gasteiger partial charge in [-0.2, -0.15) is 4.39 Å². The maximum atomic E-state index is 13.0. The summed E-state index contributed by atoms with van der Waals surface area (Å²) < 4.78 is 13.0. The van der Waals surface area contributed by atoms with E-state index < -0.39 is 17.7 Å². The molecule has 1 aliphatic rings. The molecule has 0 unspecified atom stereocenters. The molecule has 19 heavy (non-hydrogen) atoms. The van der Waals surface area contributed by atoms with Crippen molar-refractivity contribution in [2.24, 2.45) is 0 Å². The van der Waals surface area contributed by atoms with Gasteiger partial charge in [-0.3, -0.25) is 4.79 Å². The van der Waals surface area contributed by atoms with E-state index in [9.17, 15) is 14.0 Å². The van der Waals surface area contributed by atoms with Crippen LogP contribution in [0.15, 0.2) is 23.7 Å². The minimum absolute atomic E-state index is 0.000787. The number of rotatable bonds is 2. The van der Waals surface area contributed by atoms with Crippen molar-refractivity contribution < 1.29 is 19.1 Å². The second-order valence-electron chi connectivity index (χ2n) is 3.87. The molecule has 100 valence electrons. The Kier molecular flexibility index (Phi) is 3.73. The Morgan fingerprint density at radius 1 is 1.37 bits per heavy atom. The average Bonchev–Trinajstić information content (AvgIpc) is 2.26. The Hall–Kier alpha value is -1.66. The molecule has 2 rings (SSSR count). The number of halogens is 3. The molecule has 5 nitrogen and oxygen atoms in total. The monoisotopic (exact) mass is 304 g/mol. The number of carboxylic acids is 1. The number of pyridine rings is 1. The lowest BCUT2D eigenvalue weighted by atomic mass is 10.1. The van der Waals surface area contributed by atoms with Gasteiger partial charge in [0.05, 0.1) is 10.0 Å². The van der Waals surface area contributed by atoms with E-state index in [1.807, 2.05) is 0 Å². The maximum absolute atomic E-state index is 13.0. The van der Waals surface area contributed by atoms with Gasteiger partial charge in [-0.15, -0.1) is 0 Å². The van der Waals surface area contributed by atoms with Crippen molar-refractivity contribution in [3.05, 3.63) is 39.4 Å². The predicted octanol–water partition coefficient (Wildman–Crippen LogP) is 2.15. The number of amides is 1. The molecule has 8 heteroatoms. The van der Waals surface area contributed by atoms with Crippen LogP contribution < -0.4 is 0 Å². The van der Waals surface area contributed by atoms with Crippen molar-refractivity contribution in [1.82, 2.24) is 9.88 Å². The van der Waals surface area contributed by atoms with E-state index in [0.29, 0.717) is 5.02 Å². The lowest BCUT2D eigenvalue weighted by molar-refractivity contribution is -0.134. The molecule has 0 aromatic carbocycles. The smallest absolute Gasteiger partial charge is 0.364 e. The van der Waals surface area contributed by atoms with Crippen LogP contribution in [-0.4, -0.2) is 40.0 Å². The molecule has 0 spiro atoms. The fourth-order valence-corrected chi connectivity index (χ4v) is 2.03. The first-order valence-corrected chi connectivity index (χ1v) is 5.87. The van der Waals surface area contributed by atoms with Gasteiger partial charge in [0.1, 0.15) is 5.69 Å². The predicted molar refractivity (Wildman–Crippen MR) is 65.9 cm³/mol. The van der Waals surface area contributed by atoms with Gasteiger partial charge < -0.3 is 10.0 Å². The number of aromatic nitrogens is 1. The lowest BCUT2D eigenvalue weighted by Crippen LogP contribution is -2.45. The molecule has 0 radical (unpaired) electrons. The zero-order chi connectivity index (χ0) is 14.2. The normalized spacial score (nSPS) is 14.1. The van der Waals surface area contributed by atoms with E-state index in [1.165, 1.54) is 17.2 Å². The summed E-state index contributed by atoms with van der Waals surface area (Å²) in [5.41, 5.74) is 0.0618. The zero-order valence-electron chi connectivity index (χ0n) is 9.36. The fraction of sp³-hybridized carbons (Fsp3) is 0.182. The molecular weight excluding hydrogens is 298 g/mol. The highest BCUT2D eigenvalue weighted by atomic mass is 35.5. The average molecular weight is 305 g/mol. The Morgan fingerprint density at radius 2 is 2.00 bits per heavy atom. The molecule has 1 aliphatic heterocycles. The topological polar surface area (TPSA) is 70.5 Å². The molecule has 0 atom stereocenters. The van der Waals surface area contributed by atoms with Crippen molar-refractivity contribution in [3.63, 3.8) is 0 Å². The van der Waals surface area contributed by atoms with Crippen LogP contribution in [0, 0.1) is 0 Å². The summed E-state index contributed by atoms with van der Waals surface area (Å²) in [5.74, 6) is -3.35. The number of aliphatic carboxylic acids is 1. The second-order valence-corrected chi connectivity index (χ2v) is 4.71. The summed E-state index contributed by atoms with van der Waals surface area (Å²) in [5, 5.41) is 8.83. The van der Waals surface area contributed by atoms with Crippen molar-refractivity contribution in [1.29, 1.82) is 0 Å². The summed E-state index contributed by atoms with van der Waals surface area (Å²) in [6.07, 6.45) is 1.27. The Morgan fingerprint density at radius 3 is 2.53 bits per heavy atom. The highest BCUT2D eigenvalue weighted by molar-refractivity contribution is 6.36. The molecule has 0 saturated carbocycles. The first-order chi connectivity index (χ1) is 8.90. The quantitative estimate of drug-likeness (QED) is 0.850. The van der Waals surface area contributed by atoms with Gasteiger partial charge in [0.15, 0.2) is 0 Å². The third kappa shape index (κ3) is 2.69. The van der Waals surface area contributed by atoms with Gasteiger partial charge in [-0.1, -0.05) is 23.2 Å². The third-order valence-corrected chi connectivity index (χ3v) is 3.05. The highest BCUT2D eigenvalue weighted by Crippen LogP contribution is 2.25. The van der Waals surface area contributed by atoms with Crippen LogP contribution in [0.2, 0.25) is 10.0 Å². The van der Waals surface area contributed by atoms with Crippen LogP contribution in [0.3, 0.4) is 0 Å². The number of nitrogens with zero attached hydrogens (tertiary/aromatic N) is 2. The van der Waals surface area contributed by atoms with Gasteiger partial charge in [0.25, 0.3) is 5.91 Å². The minimum atomic E-state index is -1.63. The van der Waals surface area contributed by atoms with Crippen molar-refractivity contribution in [2.45, 2.75) is 0 Å². The number of carbonyl (C=O) groups is 2. The van der Waals surface area contributed by atoms with E-state index in [1.54, 1.807) is 0 Å². The first kappa shape index (κ1) is 13.8. The van der Waals surface area contributed by atoms with Crippen LogP contribution in [-0.2, 0) is 4.79 Å². The maximum Gasteiger partial charge on any atom is 0.364 e. The molecule has 0 bridgehead atoms. The van der Waals surface area contributed by atoms with E-state index in [-0.39, 0.29) is 29.4 Å². The minimum Gasteiger partial charge on any atom is -0.476 e. The van der Waals surface area contributed by atoms with Crippen LogP contribution >= 0.6 is 23.2 Å².